The van der Waals surface area contributed by atoms with E-state index in [1.54, 1.807) is 0 Å². The van der Waals surface area contributed by atoms with E-state index in [0.717, 1.165) is 10.6 Å². The average Bonchev–Trinajstić information content (AvgIpc) is 2.29. The van der Waals surface area contributed by atoms with Gasteiger partial charge in [0.2, 0.25) is 5.91 Å². The molecule has 2 nitrogen and oxygen atoms in total. The topological polar surface area (TPSA) is 29.1 Å². The summed E-state index contributed by atoms with van der Waals surface area (Å²) in [5.41, 5.74) is 2.28. The predicted molar refractivity (Wildman–Crippen MR) is 56.6 cm³/mol. The maximum absolute atomic E-state index is 11.3. The minimum Gasteiger partial charge on any atom is -0.355 e. The van der Waals surface area contributed by atoms with Crippen molar-refractivity contribution < 1.29 is 4.79 Å². The van der Waals surface area contributed by atoms with Crippen molar-refractivity contribution in [2.75, 3.05) is 6.54 Å². The van der Waals surface area contributed by atoms with Gasteiger partial charge in [0, 0.05) is 11.6 Å². The maximum atomic E-state index is 11.3. The van der Waals surface area contributed by atoms with Crippen LogP contribution < -0.4 is 5.32 Å². The fourth-order valence-corrected chi connectivity index (χ4v) is 1.98. The van der Waals surface area contributed by atoms with Crippen molar-refractivity contribution >= 4 is 17.5 Å². The van der Waals surface area contributed by atoms with Crippen molar-refractivity contribution in [2.45, 2.75) is 19.3 Å². The lowest BCUT2D eigenvalue weighted by Crippen LogP contribution is -2.25. The molecule has 1 aliphatic heterocycles. The summed E-state index contributed by atoms with van der Waals surface area (Å²) in [6.07, 6.45) is 0.469. The number of hydrogen-bond donors (Lipinski definition) is 1. The van der Waals surface area contributed by atoms with Crippen molar-refractivity contribution in [3.05, 3.63) is 34.3 Å². The largest absolute Gasteiger partial charge is 0.355 e. The van der Waals surface area contributed by atoms with Crippen molar-refractivity contribution in [1.82, 2.24) is 5.32 Å². The second kappa shape index (κ2) is 3.62. The van der Waals surface area contributed by atoms with Crippen LogP contribution in [0.5, 0.6) is 0 Å². The predicted octanol–water partition coefficient (Wildman–Crippen LogP) is 2.12. The first-order valence-electron chi connectivity index (χ1n) is 4.72. The molecule has 0 spiro atoms. The minimum absolute atomic E-state index is 0.0953. The summed E-state index contributed by atoms with van der Waals surface area (Å²) in [6.45, 7) is 2.80. The normalized spacial score (nSPS) is 21.0. The Hall–Kier alpha value is -1.02. The fourth-order valence-electron chi connectivity index (χ4n) is 1.80. The summed E-state index contributed by atoms with van der Waals surface area (Å²) in [7, 11) is 0. The molecule has 0 saturated heterocycles. The Bertz CT molecular complexity index is 376. The SMILES string of the molecule is CC1CNC(=O)Cc2ccc(Cl)cc21. The summed E-state index contributed by atoms with van der Waals surface area (Å²) in [6, 6.07) is 5.74. The highest BCUT2D eigenvalue weighted by atomic mass is 35.5. The van der Waals surface area contributed by atoms with Crippen LogP contribution in [0.25, 0.3) is 0 Å². The first kappa shape index (κ1) is 9.53. The second-order valence-corrected chi connectivity index (χ2v) is 4.16. The Morgan fingerprint density at radius 2 is 2.29 bits per heavy atom. The number of halogens is 1. The van der Waals surface area contributed by atoms with Gasteiger partial charge in [-0.05, 0) is 29.2 Å². The van der Waals surface area contributed by atoms with Crippen LogP contribution in [0.1, 0.15) is 24.0 Å². The van der Waals surface area contributed by atoms with Crippen molar-refractivity contribution in [1.29, 1.82) is 0 Å². The number of nitrogens with one attached hydrogen (secondary N) is 1. The number of carbonyl (C=O) groups is 1. The monoisotopic (exact) mass is 209 g/mol. The van der Waals surface area contributed by atoms with E-state index in [1.807, 2.05) is 18.2 Å². The molecule has 0 bridgehead atoms. The molecule has 1 aromatic carbocycles. The Labute approximate surface area is 88.3 Å². The highest BCUT2D eigenvalue weighted by molar-refractivity contribution is 6.30. The van der Waals surface area contributed by atoms with Crippen LogP contribution >= 0.6 is 11.6 Å². The highest BCUT2D eigenvalue weighted by Crippen LogP contribution is 2.25. The molecule has 1 unspecified atom stereocenters. The van der Waals surface area contributed by atoms with Gasteiger partial charge in [-0.1, -0.05) is 24.6 Å². The van der Waals surface area contributed by atoms with E-state index < -0.39 is 0 Å². The minimum atomic E-state index is 0.0953. The van der Waals surface area contributed by atoms with E-state index in [0.29, 0.717) is 18.9 Å². The number of benzene rings is 1. The van der Waals surface area contributed by atoms with Crippen LogP contribution in [0.15, 0.2) is 18.2 Å². The number of amides is 1. The number of hydrogen-bond acceptors (Lipinski definition) is 1. The standard InChI is InChI=1S/C11H12ClNO/c1-7-6-13-11(14)4-8-2-3-9(12)5-10(7)8/h2-3,5,7H,4,6H2,1H3,(H,13,14). The molecule has 0 aliphatic carbocycles. The van der Waals surface area contributed by atoms with Crippen LogP contribution in [0.2, 0.25) is 5.02 Å². The van der Waals surface area contributed by atoms with Crippen LogP contribution in [0, 0.1) is 0 Å². The summed E-state index contributed by atoms with van der Waals surface area (Å²) in [5.74, 6) is 0.438. The number of rotatable bonds is 0. The summed E-state index contributed by atoms with van der Waals surface area (Å²) in [5, 5.41) is 3.62. The van der Waals surface area contributed by atoms with Gasteiger partial charge < -0.3 is 5.32 Å². The van der Waals surface area contributed by atoms with Crippen LogP contribution in [-0.4, -0.2) is 12.5 Å². The molecule has 0 fully saturated rings. The number of carbonyl (C=O) groups excluding carboxylic acids is 1. The van der Waals surface area contributed by atoms with E-state index in [-0.39, 0.29) is 5.91 Å². The van der Waals surface area contributed by atoms with Gasteiger partial charge in [-0.3, -0.25) is 4.79 Å². The van der Waals surface area contributed by atoms with Crippen LogP contribution in [0.4, 0.5) is 0 Å². The van der Waals surface area contributed by atoms with Crippen LogP contribution in [-0.2, 0) is 11.2 Å². The Morgan fingerprint density at radius 3 is 3.07 bits per heavy atom. The van der Waals surface area contributed by atoms with Gasteiger partial charge >= 0.3 is 0 Å². The van der Waals surface area contributed by atoms with E-state index in [1.165, 1.54) is 5.56 Å². The molecule has 74 valence electrons. The van der Waals surface area contributed by atoms with E-state index in [4.69, 9.17) is 11.6 Å². The van der Waals surface area contributed by atoms with Gasteiger partial charge in [0.05, 0.1) is 6.42 Å². The fraction of sp³-hybridized carbons (Fsp3) is 0.364. The Morgan fingerprint density at radius 1 is 1.50 bits per heavy atom. The summed E-state index contributed by atoms with van der Waals surface area (Å²) >= 11 is 5.93. The van der Waals surface area contributed by atoms with E-state index >= 15 is 0 Å². The highest BCUT2D eigenvalue weighted by Gasteiger charge is 2.18. The third-order valence-corrected chi connectivity index (χ3v) is 2.83. The molecule has 1 N–H and O–H groups in total. The first-order valence-corrected chi connectivity index (χ1v) is 5.09. The van der Waals surface area contributed by atoms with Crippen molar-refractivity contribution in [3.63, 3.8) is 0 Å². The van der Waals surface area contributed by atoms with Crippen molar-refractivity contribution in [2.24, 2.45) is 0 Å². The van der Waals surface area contributed by atoms with Crippen molar-refractivity contribution in [3.8, 4) is 0 Å². The first-order chi connectivity index (χ1) is 6.66. The molecule has 0 radical (unpaired) electrons. The molecule has 0 aromatic heterocycles. The molecular formula is C11H12ClNO. The third-order valence-electron chi connectivity index (χ3n) is 2.60. The smallest absolute Gasteiger partial charge is 0.224 e. The van der Waals surface area contributed by atoms with E-state index in [9.17, 15) is 4.79 Å². The maximum Gasteiger partial charge on any atom is 0.224 e. The Balaban J connectivity index is 2.46. The Kier molecular flexibility index (Phi) is 2.46. The van der Waals surface area contributed by atoms with Gasteiger partial charge in [0.25, 0.3) is 0 Å². The second-order valence-electron chi connectivity index (χ2n) is 3.73. The number of fused-ring (bicyclic) bond motifs is 1. The van der Waals surface area contributed by atoms with Crippen LogP contribution in [0.3, 0.4) is 0 Å². The molecule has 14 heavy (non-hydrogen) atoms. The lowest BCUT2D eigenvalue weighted by molar-refractivity contribution is -0.120. The molecular weight excluding hydrogens is 198 g/mol. The summed E-state index contributed by atoms with van der Waals surface area (Å²) in [4.78, 5) is 11.3. The molecule has 1 amide bonds. The van der Waals surface area contributed by atoms with Gasteiger partial charge in [0.15, 0.2) is 0 Å². The molecule has 1 atom stereocenters. The van der Waals surface area contributed by atoms with Gasteiger partial charge in [-0.2, -0.15) is 0 Å². The summed E-state index contributed by atoms with van der Waals surface area (Å²) < 4.78 is 0. The van der Waals surface area contributed by atoms with Gasteiger partial charge in [-0.15, -0.1) is 0 Å². The third kappa shape index (κ3) is 1.75. The average molecular weight is 210 g/mol. The molecule has 1 aromatic rings. The van der Waals surface area contributed by atoms with Gasteiger partial charge in [-0.25, -0.2) is 0 Å². The quantitative estimate of drug-likeness (QED) is 0.697. The molecule has 1 heterocycles. The van der Waals surface area contributed by atoms with E-state index in [2.05, 4.69) is 12.2 Å². The molecule has 1 aliphatic rings. The molecule has 0 saturated carbocycles. The zero-order valence-corrected chi connectivity index (χ0v) is 8.77. The molecule has 3 heteroatoms. The lowest BCUT2D eigenvalue weighted by Gasteiger charge is -2.11. The zero-order chi connectivity index (χ0) is 10.1. The van der Waals surface area contributed by atoms with Gasteiger partial charge in [0.1, 0.15) is 0 Å². The molecule has 2 rings (SSSR count). The zero-order valence-electron chi connectivity index (χ0n) is 8.01. The lowest BCUT2D eigenvalue weighted by atomic mass is 9.95.